The molecule has 0 heterocycles. The Morgan fingerprint density at radius 1 is 0.194 bits per heavy atom. The molecule has 0 aliphatic rings. The maximum absolute atomic E-state index is 2.37. The zero-order valence-corrected chi connectivity index (χ0v) is 36.9. The first-order chi connectivity index (χ1) is 33.2. The van der Waals surface area contributed by atoms with E-state index < -0.39 is 0 Å². The molecule has 0 bridgehead atoms. The van der Waals surface area contributed by atoms with Gasteiger partial charge in [0.15, 0.2) is 0 Å². The van der Waals surface area contributed by atoms with Gasteiger partial charge in [0.05, 0.1) is 0 Å². The number of benzene rings is 12. The van der Waals surface area contributed by atoms with E-state index >= 15 is 0 Å². The lowest BCUT2D eigenvalue weighted by molar-refractivity contribution is 1.28. The molecule has 0 atom stereocenters. The minimum atomic E-state index is 1.09. The van der Waals surface area contributed by atoms with Gasteiger partial charge in [-0.05, 0) is 154 Å². The highest BCUT2D eigenvalue weighted by Gasteiger charge is 2.17. The summed E-state index contributed by atoms with van der Waals surface area (Å²) in [5.41, 5.74) is 17.7. The topological polar surface area (TPSA) is 3.24 Å². The third kappa shape index (κ3) is 7.84. The van der Waals surface area contributed by atoms with E-state index in [4.69, 9.17) is 0 Å². The quantitative estimate of drug-likeness (QED) is 0.140. The SMILES string of the molecule is c1ccc(-c2c(-c3ccc(N(c4ccc(-c5ccc(-c6ccc7ccccc7c6)cc5)cc4)c4ccc(-c5cccc(-c6ccc7ccccc7c6)c5)cc4)cc3)ccc3ccccc23)cc1. The van der Waals surface area contributed by atoms with Gasteiger partial charge in [-0.2, -0.15) is 0 Å². The average molecular weight is 852 g/mol. The number of anilines is 3. The third-order valence-corrected chi connectivity index (χ3v) is 13.3. The second-order valence-electron chi connectivity index (χ2n) is 17.3. The van der Waals surface area contributed by atoms with Crippen LogP contribution in [-0.4, -0.2) is 0 Å². The fourth-order valence-corrected chi connectivity index (χ4v) is 9.74. The fourth-order valence-electron chi connectivity index (χ4n) is 9.74. The zero-order chi connectivity index (χ0) is 44.5. The van der Waals surface area contributed by atoms with Gasteiger partial charge in [0, 0.05) is 17.1 Å². The molecule has 0 unspecified atom stereocenters. The molecule has 0 aliphatic heterocycles. The lowest BCUT2D eigenvalue weighted by Gasteiger charge is -2.26. The van der Waals surface area contributed by atoms with Crippen LogP contribution in [0.1, 0.15) is 0 Å². The van der Waals surface area contributed by atoms with Gasteiger partial charge in [0.1, 0.15) is 0 Å². The van der Waals surface area contributed by atoms with Crippen molar-refractivity contribution in [3.8, 4) is 66.8 Å². The standard InChI is InChI=1S/C66H45N/c1-2-14-54(15-3-1)66-64-20-9-8-13-52(64)35-42-65(66)53-33-40-63(41-34-53)67(61-36-29-49(30-37-61)48-21-23-50(24-22-48)59-27-25-46-11-4-6-16-55(46)44-59)62-38-31-51(32-39-62)57-18-10-19-58(43-57)60-28-26-47-12-5-7-17-56(47)45-60/h1-45H. The van der Waals surface area contributed by atoms with Crippen LogP contribution in [0.4, 0.5) is 17.1 Å². The summed E-state index contributed by atoms with van der Waals surface area (Å²) in [6, 6.07) is 99.4. The van der Waals surface area contributed by atoms with E-state index in [1.165, 1.54) is 99.1 Å². The first kappa shape index (κ1) is 39.8. The fraction of sp³-hybridized carbons (Fsp3) is 0. The van der Waals surface area contributed by atoms with Gasteiger partial charge < -0.3 is 4.90 Å². The van der Waals surface area contributed by atoms with Crippen molar-refractivity contribution in [3.05, 3.63) is 273 Å². The molecule has 1 nitrogen and oxygen atoms in total. The Morgan fingerprint density at radius 3 is 1.10 bits per heavy atom. The second-order valence-corrected chi connectivity index (χ2v) is 17.3. The van der Waals surface area contributed by atoms with Gasteiger partial charge in [-0.15, -0.1) is 0 Å². The maximum Gasteiger partial charge on any atom is 0.0462 e. The molecule has 0 radical (unpaired) electrons. The van der Waals surface area contributed by atoms with Crippen LogP contribution in [0.25, 0.3) is 99.1 Å². The highest BCUT2D eigenvalue weighted by Crippen LogP contribution is 2.42. The summed E-state index contributed by atoms with van der Waals surface area (Å²) in [5.74, 6) is 0. The Hall–Kier alpha value is -8.78. The highest BCUT2D eigenvalue weighted by atomic mass is 15.1. The second kappa shape index (κ2) is 17.3. The van der Waals surface area contributed by atoms with Crippen molar-refractivity contribution in [1.82, 2.24) is 0 Å². The molecule has 12 aromatic rings. The molecule has 314 valence electrons. The van der Waals surface area contributed by atoms with Crippen molar-refractivity contribution >= 4 is 49.4 Å². The first-order valence-electron chi connectivity index (χ1n) is 23.1. The van der Waals surface area contributed by atoms with Gasteiger partial charge in [-0.1, -0.05) is 218 Å². The highest BCUT2D eigenvalue weighted by molar-refractivity contribution is 6.04. The van der Waals surface area contributed by atoms with E-state index in [9.17, 15) is 0 Å². The zero-order valence-electron chi connectivity index (χ0n) is 36.9. The van der Waals surface area contributed by atoms with Crippen molar-refractivity contribution in [2.75, 3.05) is 4.90 Å². The lowest BCUT2D eigenvalue weighted by Crippen LogP contribution is -2.09. The molecular weight excluding hydrogens is 807 g/mol. The van der Waals surface area contributed by atoms with E-state index in [1.54, 1.807) is 0 Å². The average Bonchev–Trinajstić information content (AvgIpc) is 3.41. The Morgan fingerprint density at radius 2 is 0.552 bits per heavy atom. The molecule has 0 saturated heterocycles. The molecule has 0 fully saturated rings. The Bertz CT molecular complexity index is 3700. The molecular formula is C66H45N. The number of fused-ring (bicyclic) bond motifs is 3. The summed E-state index contributed by atoms with van der Waals surface area (Å²) in [7, 11) is 0. The molecule has 67 heavy (non-hydrogen) atoms. The van der Waals surface area contributed by atoms with Gasteiger partial charge in [0.25, 0.3) is 0 Å². The van der Waals surface area contributed by atoms with Crippen molar-refractivity contribution in [2.24, 2.45) is 0 Å². The molecule has 0 aliphatic carbocycles. The van der Waals surface area contributed by atoms with Crippen molar-refractivity contribution in [3.63, 3.8) is 0 Å². The van der Waals surface area contributed by atoms with E-state index in [-0.39, 0.29) is 0 Å². The van der Waals surface area contributed by atoms with Crippen LogP contribution in [0, 0.1) is 0 Å². The van der Waals surface area contributed by atoms with Gasteiger partial charge in [-0.25, -0.2) is 0 Å². The minimum absolute atomic E-state index is 1.09. The van der Waals surface area contributed by atoms with E-state index in [2.05, 4.69) is 278 Å². The Balaban J connectivity index is 0.894. The van der Waals surface area contributed by atoms with E-state index in [0.717, 1.165) is 17.1 Å². The minimum Gasteiger partial charge on any atom is -0.311 e. The van der Waals surface area contributed by atoms with Crippen molar-refractivity contribution in [1.29, 1.82) is 0 Å². The third-order valence-electron chi connectivity index (χ3n) is 13.3. The van der Waals surface area contributed by atoms with Crippen LogP contribution in [-0.2, 0) is 0 Å². The summed E-state index contributed by atoms with van der Waals surface area (Å²) in [6.07, 6.45) is 0. The summed E-state index contributed by atoms with van der Waals surface area (Å²) in [6.45, 7) is 0. The van der Waals surface area contributed by atoms with Crippen LogP contribution in [0.3, 0.4) is 0 Å². The molecule has 0 N–H and O–H groups in total. The molecule has 0 spiro atoms. The van der Waals surface area contributed by atoms with Crippen LogP contribution in [0.5, 0.6) is 0 Å². The van der Waals surface area contributed by atoms with E-state index in [1.807, 2.05) is 0 Å². The maximum atomic E-state index is 2.37. The number of rotatable bonds is 9. The van der Waals surface area contributed by atoms with Crippen LogP contribution >= 0.6 is 0 Å². The van der Waals surface area contributed by atoms with Gasteiger partial charge in [-0.3, -0.25) is 0 Å². The molecule has 12 rings (SSSR count). The predicted molar refractivity (Wildman–Crippen MR) is 286 cm³/mol. The van der Waals surface area contributed by atoms with Gasteiger partial charge >= 0.3 is 0 Å². The van der Waals surface area contributed by atoms with Crippen LogP contribution in [0.15, 0.2) is 273 Å². The van der Waals surface area contributed by atoms with Crippen LogP contribution in [0.2, 0.25) is 0 Å². The molecule has 12 aromatic carbocycles. The summed E-state index contributed by atoms with van der Waals surface area (Å²) < 4.78 is 0. The monoisotopic (exact) mass is 851 g/mol. The number of nitrogens with zero attached hydrogens (tertiary/aromatic N) is 1. The molecule has 1 heteroatoms. The normalized spacial score (nSPS) is 11.3. The van der Waals surface area contributed by atoms with Crippen molar-refractivity contribution in [2.45, 2.75) is 0 Å². The summed E-state index contributed by atoms with van der Waals surface area (Å²) >= 11 is 0. The smallest absolute Gasteiger partial charge is 0.0462 e. The molecule has 0 saturated carbocycles. The largest absolute Gasteiger partial charge is 0.311 e. The number of hydrogen-bond acceptors (Lipinski definition) is 1. The Labute approximate surface area is 392 Å². The molecule has 0 aromatic heterocycles. The Kier molecular flexibility index (Phi) is 10.3. The molecule has 0 amide bonds. The van der Waals surface area contributed by atoms with Gasteiger partial charge in [0.2, 0.25) is 0 Å². The summed E-state index contributed by atoms with van der Waals surface area (Å²) in [4.78, 5) is 2.37. The lowest BCUT2D eigenvalue weighted by atomic mass is 9.90. The van der Waals surface area contributed by atoms with E-state index in [0.29, 0.717) is 0 Å². The van der Waals surface area contributed by atoms with Crippen molar-refractivity contribution < 1.29 is 0 Å². The summed E-state index contributed by atoms with van der Waals surface area (Å²) in [5, 5.41) is 7.51. The van der Waals surface area contributed by atoms with Crippen LogP contribution < -0.4 is 4.90 Å². The first-order valence-corrected chi connectivity index (χ1v) is 23.1. The number of hydrogen-bond donors (Lipinski definition) is 0. The predicted octanol–water partition coefficient (Wildman–Crippen LogP) is 18.6.